The van der Waals surface area contributed by atoms with Crippen molar-refractivity contribution in [2.45, 2.75) is 18.7 Å². The van der Waals surface area contributed by atoms with Crippen molar-refractivity contribution >= 4 is 23.2 Å². The minimum Gasteiger partial charge on any atom is -0.399 e. The van der Waals surface area contributed by atoms with Crippen LogP contribution in [0.1, 0.15) is 21.5 Å². The SMILES string of the molecule is Cc1cc(C(=O)CSc2cccc(F)c2)c(C)cc1N. The van der Waals surface area contributed by atoms with E-state index in [1.807, 2.05) is 26.0 Å². The van der Waals surface area contributed by atoms with Gasteiger partial charge in [0.1, 0.15) is 5.82 Å². The second-order valence-corrected chi connectivity index (χ2v) is 5.74. The maximum absolute atomic E-state index is 13.1. The van der Waals surface area contributed by atoms with E-state index in [0.717, 1.165) is 16.0 Å². The lowest BCUT2D eigenvalue weighted by molar-refractivity contribution is 0.102. The average Bonchev–Trinajstić information content (AvgIpc) is 2.40. The van der Waals surface area contributed by atoms with Gasteiger partial charge >= 0.3 is 0 Å². The van der Waals surface area contributed by atoms with E-state index < -0.39 is 0 Å². The summed E-state index contributed by atoms with van der Waals surface area (Å²) < 4.78 is 13.1. The number of rotatable bonds is 4. The molecular weight excluding hydrogens is 273 g/mol. The highest BCUT2D eigenvalue weighted by atomic mass is 32.2. The van der Waals surface area contributed by atoms with E-state index in [9.17, 15) is 9.18 Å². The lowest BCUT2D eigenvalue weighted by atomic mass is 10.0. The van der Waals surface area contributed by atoms with Gasteiger partial charge in [0.05, 0.1) is 5.75 Å². The highest BCUT2D eigenvalue weighted by molar-refractivity contribution is 8.00. The Kier molecular flexibility index (Phi) is 4.45. The number of benzene rings is 2. The molecule has 0 aliphatic heterocycles. The number of ketones is 1. The number of nitrogens with two attached hydrogens (primary N) is 1. The molecule has 2 nitrogen and oxygen atoms in total. The van der Waals surface area contributed by atoms with Gasteiger partial charge in [-0.2, -0.15) is 0 Å². The number of carbonyl (C=O) groups excluding carboxylic acids is 1. The predicted octanol–water partition coefficient (Wildman–Crippen LogP) is 4.00. The molecule has 2 N–H and O–H groups in total. The largest absolute Gasteiger partial charge is 0.399 e. The van der Waals surface area contributed by atoms with Gasteiger partial charge in [-0.1, -0.05) is 6.07 Å². The van der Waals surface area contributed by atoms with E-state index in [-0.39, 0.29) is 17.4 Å². The first kappa shape index (κ1) is 14.6. The number of anilines is 1. The molecule has 0 heterocycles. The van der Waals surface area contributed by atoms with Gasteiger partial charge in [-0.3, -0.25) is 4.79 Å². The number of hydrogen-bond donors (Lipinski definition) is 1. The van der Waals surface area contributed by atoms with Crippen molar-refractivity contribution in [1.82, 2.24) is 0 Å². The molecule has 0 saturated heterocycles. The predicted molar refractivity (Wildman–Crippen MR) is 81.8 cm³/mol. The van der Waals surface area contributed by atoms with Crippen molar-refractivity contribution in [3.63, 3.8) is 0 Å². The van der Waals surface area contributed by atoms with Crippen LogP contribution >= 0.6 is 11.8 Å². The molecule has 0 spiro atoms. The van der Waals surface area contributed by atoms with Crippen LogP contribution < -0.4 is 5.73 Å². The molecule has 0 amide bonds. The molecule has 4 heteroatoms. The summed E-state index contributed by atoms with van der Waals surface area (Å²) in [5, 5.41) is 0. The van der Waals surface area contributed by atoms with Gasteiger partial charge in [-0.05, 0) is 55.3 Å². The van der Waals surface area contributed by atoms with E-state index in [0.29, 0.717) is 11.3 Å². The summed E-state index contributed by atoms with van der Waals surface area (Å²) in [7, 11) is 0. The summed E-state index contributed by atoms with van der Waals surface area (Å²) in [5.41, 5.74) is 8.96. The summed E-state index contributed by atoms with van der Waals surface area (Å²) in [5.74, 6) is 0.0232. The Balaban J connectivity index is 2.11. The van der Waals surface area contributed by atoms with Gasteiger partial charge in [-0.25, -0.2) is 4.39 Å². The molecule has 0 aromatic heterocycles. The third-order valence-corrected chi connectivity index (χ3v) is 4.07. The fourth-order valence-corrected chi connectivity index (χ4v) is 2.75. The number of halogens is 1. The standard InChI is InChI=1S/C16H16FNOS/c1-10-7-15(18)11(2)6-14(10)16(19)9-20-13-5-3-4-12(17)8-13/h3-8H,9,18H2,1-2H3. The van der Waals surface area contributed by atoms with Crippen LogP contribution in [0, 0.1) is 19.7 Å². The summed E-state index contributed by atoms with van der Waals surface area (Å²) in [4.78, 5) is 13.0. The Morgan fingerprint density at radius 1 is 1.20 bits per heavy atom. The van der Waals surface area contributed by atoms with Gasteiger partial charge in [0.15, 0.2) is 5.78 Å². The first-order chi connectivity index (χ1) is 9.47. The normalized spacial score (nSPS) is 10.6. The molecule has 0 unspecified atom stereocenters. The number of nitrogen functional groups attached to an aromatic ring is 1. The lowest BCUT2D eigenvalue weighted by Crippen LogP contribution is -2.06. The zero-order chi connectivity index (χ0) is 14.7. The van der Waals surface area contributed by atoms with Crippen LogP contribution in [0.4, 0.5) is 10.1 Å². The van der Waals surface area contributed by atoms with Crippen LogP contribution in [0.25, 0.3) is 0 Å². The van der Waals surface area contributed by atoms with Crippen molar-refractivity contribution in [2.75, 3.05) is 11.5 Å². The molecule has 0 fully saturated rings. The molecule has 0 radical (unpaired) electrons. The zero-order valence-corrected chi connectivity index (χ0v) is 12.3. The second-order valence-electron chi connectivity index (χ2n) is 4.69. The molecular formula is C16H16FNOS. The molecule has 0 aliphatic rings. The third-order valence-electron chi connectivity index (χ3n) is 3.08. The molecule has 0 aliphatic carbocycles. The van der Waals surface area contributed by atoms with Crippen molar-refractivity contribution in [3.8, 4) is 0 Å². The first-order valence-corrected chi connectivity index (χ1v) is 7.24. The minimum absolute atomic E-state index is 0.0276. The average molecular weight is 289 g/mol. The maximum Gasteiger partial charge on any atom is 0.173 e. The Hall–Kier alpha value is -1.81. The summed E-state index contributed by atoms with van der Waals surface area (Å²) in [6.07, 6.45) is 0. The fourth-order valence-electron chi connectivity index (χ4n) is 1.92. The van der Waals surface area contributed by atoms with Crippen LogP contribution in [0.3, 0.4) is 0 Å². The van der Waals surface area contributed by atoms with Gasteiger partial charge in [-0.15, -0.1) is 11.8 Å². The van der Waals surface area contributed by atoms with Gasteiger partial charge < -0.3 is 5.73 Å². The van der Waals surface area contributed by atoms with Crippen LogP contribution in [-0.2, 0) is 0 Å². The van der Waals surface area contributed by atoms with E-state index in [1.54, 1.807) is 12.1 Å². The fraction of sp³-hybridized carbons (Fsp3) is 0.188. The van der Waals surface area contributed by atoms with Crippen molar-refractivity contribution in [3.05, 3.63) is 58.9 Å². The molecule has 2 aromatic carbocycles. The number of Topliss-reactive ketones (excluding diaryl/α,β-unsaturated/α-hetero) is 1. The Morgan fingerprint density at radius 2 is 1.95 bits per heavy atom. The summed E-state index contributed by atoms with van der Waals surface area (Å²) >= 11 is 1.34. The van der Waals surface area contributed by atoms with Gasteiger partial charge in [0.2, 0.25) is 0 Å². The molecule has 20 heavy (non-hydrogen) atoms. The van der Waals surface area contributed by atoms with E-state index in [4.69, 9.17) is 5.73 Å². The van der Waals surface area contributed by atoms with Gasteiger partial charge in [0, 0.05) is 16.1 Å². The quantitative estimate of drug-likeness (QED) is 0.525. The second kappa shape index (κ2) is 6.09. The topological polar surface area (TPSA) is 43.1 Å². The highest BCUT2D eigenvalue weighted by Crippen LogP contribution is 2.23. The molecule has 104 valence electrons. The Morgan fingerprint density at radius 3 is 2.65 bits per heavy atom. The Bertz CT molecular complexity index is 655. The van der Waals surface area contributed by atoms with E-state index in [1.165, 1.54) is 23.9 Å². The molecule has 2 aromatic rings. The zero-order valence-electron chi connectivity index (χ0n) is 11.4. The number of carbonyl (C=O) groups is 1. The van der Waals surface area contributed by atoms with E-state index in [2.05, 4.69) is 0 Å². The summed E-state index contributed by atoms with van der Waals surface area (Å²) in [6, 6.07) is 9.88. The van der Waals surface area contributed by atoms with Crippen LogP contribution in [0.2, 0.25) is 0 Å². The molecule has 2 rings (SSSR count). The molecule has 0 atom stereocenters. The minimum atomic E-state index is -0.290. The summed E-state index contributed by atoms with van der Waals surface area (Å²) in [6.45, 7) is 3.75. The highest BCUT2D eigenvalue weighted by Gasteiger charge is 2.11. The number of aryl methyl sites for hydroxylation is 2. The van der Waals surface area contributed by atoms with Crippen molar-refractivity contribution in [2.24, 2.45) is 0 Å². The lowest BCUT2D eigenvalue weighted by Gasteiger charge is -2.08. The van der Waals surface area contributed by atoms with Crippen molar-refractivity contribution < 1.29 is 9.18 Å². The van der Waals surface area contributed by atoms with Gasteiger partial charge in [0.25, 0.3) is 0 Å². The third kappa shape index (κ3) is 3.39. The van der Waals surface area contributed by atoms with Crippen LogP contribution in [-0.4, -0.2) is 11.5 Å². The van der Waals surface area contributed by atoms with Crippen molar-refractivity contribution in [1.29, 1.82) is 0 Å². The smallest absolute Gasteiger partial charge is 0.173 e. The first-order valence-electron chi connectivity index (χ1n) is 6.25. The molecule has 0 saturated carbocycles. The van der Waals surface area contributed by atoms with Crippen LogP contribution in [0.15, 0.2) is 41.3 Å². The monoisotopic (exact) mass is 289 g/mol. The maximum atomic E-state index is 13.1. The Labute approximate surface area is 122 Å². The van der Waals surface area contributed by atoms with E-state index >= 15 is 0 Å². The van der Waals surface area contributed by atoms with Crippen LogP contribution in [0.5, 0.6) is 0 Å². The molecule has 0 bridgehead atoms. The number of hydrogen-bond acceptors (Lipinski definition) is 3. The number of thioether (sulfide) groups is 1.